The molecule has 2 unspecified atom stereocenters. The minimum Gasteiger partial charge on any atom is -0.423 e. The maximum Gasteiger partial charge on any atom is 0.234 e. The van der Waals surface area contributed by atoms with E-state index in [1.54, 1.807) is 0 Å². The van der Waals surface area contributed by atoms with Gasteiger partial charge in [-0.25, -0.2) is 4.98 Å². The van der Waals surface area contributed by atoms with Gasteiger partial charge in [-0.2, -0.15) is 5.26 Å². The van der Waals surface area contributed by atoms with Crippen molar-refractivity contribution in [3.05, 3.63) is 11.6 Å². The average Bonchev–Trinajstić information content (AvgIpc) is 3.46. The first-order valence-corrected chi connectivity index (χ1v) is 8.12. The Kier molecular flexibility index (Phi) is 3.10. The maximum atomic E-state index is 12.3. The lowest BCUT2D eigenvalue weighted by Crippen LogP contribution is -2.49. The van der Waals surface area contributed by atoms with E-state index in [0.717, 1.165) is 19.3 Å². The van der Waals surface area contributed by atoms with Gasteiger partial charge >= 0.3 is 0 Å². The van der Waals surface area contributed by atoms with E-state index in [9.17, 15) is 10.1 Å². The van der Waals surface area contributed by atoms with E-state index < -0.39 is 0 Å². The zero-order valence-electron chi connectivity index (χ0n) is 12.8. The maximum absolute atomic E-state index is 12.3. The largest absolute Gasteiger partial charge is 0.423 e. The Morgan fingerprint density at radius 2 is 2.00 bits per heavy atom. The molecule has 0 bridgehead atoms. The summed E-state index contributed by atoms with van der Waals surface area (Å²) < 4.78 is 5.83. The highest BCUT2D eigenvalue weighted by molar-refractivity contribution is 5.81. The van der Waals surface area contributed by atoms with Gasteiger partial charge in [0.25, 0.3) is 0 Å². The Morgan fingerprint density at radius 3 is 2.55 bits per heavy atom. The predicted molar refractivity (Wildman–Crippen MR) is 79.3 cm³/mol. The summed E-state index contributed by atoms with van der Waals surface area (Å²) >= 11 is 0. The summed E-state index contributed by atoms with van der Waals surface area (Å²) in [4.78, 5) is 20.6. The predicted octanol–water partition coefficient (Wildman–Crippen LogP) is 1.73. The molecule has 22 heavy (non-hydrogen) atoms. The summed E-state index contributed by atoms with van der Waals surface area (Å²) in [5.41, 5.74) is 0.387. The number of carbonyl (C=O) groups excluding carboxylic acids is 1. The van der Waals surface area contributed by atoms with Crippen LogP contribution >= 0.6 is 0 Å². The van der Waals surface area contributed by atoms with Crippen molar-refractivity contribution in [3.63, 3.8) is 0 Å². The van der Waals surface area contributed by atoms with E-state index in [4.69, 9.17) is 4.42 Å². The molecule has 1 saturated heterocycles. The number of nitrogens with zero attached hydrogens (tertiary/aromatic N) is 4. The number of hydrogen-bond donors (Lipinski definition) is 0. The molecule has 2 atom stereocenters. The highest BCUT2D eigenvalue weighted by Crippen LogP contribution is 2.42. The molecule has 116 valence electrons. The second kappa shape index (κ2) is 5.01. The van der Waals surface area contributed by atoms with E-state index in [0.29, 0.717) is 61.4 Å². The Morgan fingerprint density at radius 1 is 1.32 bits per heavy atom. The lowest BCUT2D eigenvalue weighted by molar-refractivity contribution is -0.133. The van der Waals surface area contributed by atoms with Crippen molar-refractivity contribution in [2.24, 2.45) is 11.8 Å². The van der Waals surface area contributed by atoms with Crippen LogP contribution in [-0.4, -0.2) is 42.0 Å². The molecule has 1 aromatic heterocycles. The van der Waals surface area contributed by atoms with Crippen LogP contribution in [0.3, 0.4) is 0 Å². The molecule has 6 heteroatoms. The number of anilines is 1. The minimum atomic E-state index is 0.243. The zero-order valence-corrected chi connectivity index (χ0v) is 12.8. The van der Waals surface area contributed by atoms with Crippen LogP contribution in [0.4, 0.5) is 5.88 Å². The zero-order chi connectivity index (χ0) is 15.3. The fraction of sp³-hybridized carbons (Fsp3) is 0.688. The Hall–Kier alpha value is -2.03. The van der Waals surface area contributed by atoms with Crippen molar-refractivity contribution in [1.29, 1.82) is 5.26 Å². The van der Waals surface area contributed by atoms with Crippen LogP contribution in [0.5, 0.6) is 0 Å². The molecule has 2 heterocycles. The topological polar surface area (TPSA) is 73.4 Å². The molecule has 2 saturated carbocycles. The SMILES string of the molecule is CC1CC1C(=O)N1CCN(c2oc(C3CC3)nc2C#N)CC1. The number of oxazole rings is 1. The quantitative estimate of drug-likeness (QED) is 0.850. The molecule has 3 aliphatic rings. The lowest BCUT2D eigenvalue weighted by atomic mass is 10.2. The van der Waals surface area contributed by atoms with Gasteiger partial charge in [-0.1, -0.05) is 6.92 Å². The van der Waals surface area contributed by atoms with Crippen molar-refractivity contribution in [3.8, 4) is 6.07 Å². The summed E-state index contributed by atoms with van der Waals surface area (Å²) in [7, 11) is 0. The first-order chi connectivity index (χ1) is 10.7. The lowest BCUT2D eigenvalue weighted by Gasteiger charge is -2.34. The summed E-state index contributed by atoms with van der Waals surface area (Å²) in [6, 6.07) is 2.14. The van der Waals surface area contributed by atoms with Gasteiger partial charge in [-0.15, -0.1) is 0 Å². The van der Waals surface area contributed by atoms with Crippen LogP contribution < -0.4 is 4.90 Å². The van der Waals surface area contributed by atoms with E-state index >= 15 is 0 Å². The molecule has 0 radical (unpaired) electrons. The molecule has 0 aromatic carbocycles. The first-order valence-electron chi connectivity index (χ1n) is 8.12. The minimum absolute atomic E-state index is 0.243. The number of nitriles is 1. The van der Waals surface area contributed by atoms with Gasteiger partial charge in [0, 0.05) is 38.0 Å². The fourth-order valence-electron chi connectivity index (χ4n) is 3.15. The van der Waals surface area contributed by atoms with E-state index in [1.165, 1.54) is 0 Å². The van der Waals surface area contributed by atoms with Crippen molar-refractivity contribution in [2.75, 3.05) is 31.1 Å². The molecule has 4 rings (SSSR count). The van der Waals surface area contributed by atoms with E-state index in [-0.39, 0.29) is 5.92 Å². The van der Waals surface area contributed by atoms with Crippen LogP contribution in [0.2, 0.25) is 0 Å². The molecular formula is C16H20N4O2. The molecular weight excluding hydrogens is 280 g/mol. The standard InChI is InChI=1S/C16H20N4O2/c1-10-8-12(10)15(21)19-4-6-20(7-5-19)16-13(9-17)18-14(22-16)11-2-3-11/h10-12H,2-8H2,1H3. The van der Waals surface area contributed by atoms with Gasteiger partial charge in [0.05, 0.1) is 0 Å². The number of amides is 1. The third kappa shape index (κ3) is 2.35. The summed E-state index contributed by atoms with van der Waals surface area (Å²) in [6.07, 6.45) is 3.24. The van der Waals surface area contributed by atoms with Gasteiger partial charge in [-0.05, 0) is 25.2 Å². The van der Waals surface area contributed by atoms with Gasteiger partial charge in [-0.3, -0.25) is 4.79 Å². The van der Waals surface area contributed by atoms with Crippen LogP contribution in [0.15, 0.2) is 4.42 Å². The van der Waals surface area contributed by atoms with Gasteiger partial charge in [0.1, 0.15) is 6.07 Å². The molecule has 0 N–H and O–H groups in total. The number of hydrogen-bond acceptors (Lipinski definition) is 5. The number of rotatable bonds is 3. The van der Waals surface area contributed by atoms with Crippen molar-refractivity contribution >= 4 is 11.8 Å². The van der Waals surface area contributed by atoms with Crippen molar-refractivity contribution in [1.82, 2.24) is 9.88 Å². The third-order valence-corrected chi connectivity index (χ3v) is 4.96. The Balaban J connectivity index is 1.43. The third-order valence-electron chi connectivity index (χ3n) is 4.96. The number of carbonyl (C=O) groups is 1. The molecule has 3 fully saturated rings. The first kappa shape index (κ1) is 13.6. The fourth-order valence-corrected chi connectivity index (χ4v) is 3.15. The molecule has 0 spiro atoms. The molecule has 2 aliphatic carbocycles. The number of piperazine rings is 1. The highest BCUT2D eigenvalue weighted by atomic mass is 16.4. The number of aromatic nitrogens is 1. The summed E-state index contributed by atoms with van der Waals surface area (Å²) in [6.45, 7) is 4.95. The Labute approximate surface area is 129 Å². The normalized spacial score (nSPS) is 27.6. The van der Waals surface area contributed by atoms with Crippen LogP contribution in [0.1, 0.15) is 43.7 Å². The highest BCUT2D eigenvalue weighted by Gasteiger charge is 2.42. The smallest absolute Gasteiger partial charge is 0.234 e. The van der Waals surface area contributed by atoms with E-state index in [1.807, 2.05) is 4.90 Å². The second-order valence-corrected chi connectivity index (χ2v) is 6.72. The van der Waals surface area contributed by atoms with Crippen LogP contribution in [-0.2, 0) is 4.79 Å². The molecule has 1 aliphatic heterocycles. The van der Waals surface area contributed by atoms with Crippen molar-refractivity contribution in [2.45, 2.75) is 32.1 Å². The van der Waals surface area contributed by atoms with E-state index in [2.05, 4.69) is 22.9 Å². The molecule has 1 aromatic rings. The van der Waals surface area contributed by atoms with Crippen molar-refractivity contribution < 1.29 is 9.21 Å². The second-order valence-electron chi connectivity index (χ2n) is 6.72. The molecule has 6 nitrogen and oxygen atoms in total. The van der Waals surface area contributed by atoms with Gasteiger partial charge in [0.15, 0.2) is 0 Å². The monoisotopic (exact) mass is 300 g/mol. The summed E-state index contributed by atoms with van der Waals surface area (Å²) in [5, 5.41) is 9.25. The van der Waals surface area contributed by atoms with Gasteiger partial charge < -0.3 is 14.2 Å². The summed E-state index contributed by atoms with van der Waals surface area (Å²) in [5.74, 6) is 2.79. The Bertz CT molecular complexity index is 635. The molecule has 1 amide bonds. The van der Waals surface area contributed by atoms with Gasteiger partial charge in [0.2, 0.25) is 23.4 Å². The average molecular weight is 300 g/mol. The van der Waals surface area contributed by atoms with Crippen LogP contribution in [0, 0.1) is 23.2 Å². The van der Waals surface area contributed by atoms with Crippen LogP contribution in [0.25, 0.3) is 0 Å².